The van der Waals surface area contributed by atoms with Crippen LogP contribution in [0.2, 0.25) is 0 Å². The molecule has 15 N–H and O–H groups in total. The van der Waals surface area contributed by atoms with E-state index in [9.17, 15) is 76.6 Å². The lowest BCUT2D eigenvalue weighted by Gasteiger charge is -2.61. The number of aliphatic hydroxyl groups is 15. The second-order valence-electron chi connectivity index (χ2n) is 24.3. The molecule has 0 amide bonds. The lowest BCUT2D eigenvalue weighted by molar-refractivity contribution is -0.381. The first-order valence-corrected chi connectivity index (χ1v) is 27.4. The van der Waals surface area contributed by atoms with Crippen LogP contribution < -0.4 is 0 Å². The van der Waals surface area contributed by atoms with Crippen LogP contribution in [0.15, 0.2) is 0 Å². The minimum Gasteiger partial charge on any atom is -0.394 e. The third kappa shape index (κ3) is 10.7. The first kappa shape index (κ1) is 58.7. The van der Waals surface area contributed by atoms with Gasteiger partial charge in [0, 0.05) is 12.3 Å². The largest absolute Gasteiger partial charge is 0.394 e. The van der Waals surface area contributed by atoms with Crippen LogP contribution in [-0.2, 0) is 42.6 Å². The van der Waals surface area contributed by atoms with Crippen molar-refractivity contribution in [2.24, 2.45) is 52.3 Å². The van der Waals surface area contributed by atoms with Crippen molar-refractivity contribution < 1.29 is 119 Å². The summed E-state index contributed by atoms with van der Waals surface area (Å²) >= 11 is 0. The Bertz CT molecular complexity index is 1870. The highest BCUT2D eigenvalue weighted by atomic mass is 16.8. The molecule has 5 aliphatic heterocycles. The van der Waals surface area contributed by atoms with Gasteiger partial charge in [0.2, 0.25) is 0 Å². The summed E-state index contributed by atoms with van der Waals surface area (Å²) in [5.41, 5.74) is 0.00450. The number of hydrogen-bond acceptors (Lipinski definition) is 24. The summed E-state index contributed by atoms with van der Waals surface area (Å²) in [6, 6.07) is 0. The number of ether oxygens (including phenoxy) is 9. The Morgan fingerprint density at radius 1 is 0.533 bits per heavy atom. The number of aliphatic hydroxyl groups excluding tert-OH is 14. The first-order valence-electron chi connectivity index (χ1n) is 27.4. The smallest absolute Gasteiger partial charge is 0.187 e. The van der Waals surface area contributed by atoms with Crippen LogP contribution in [0.1, 0.15) is 91.9 Å². The molecular weight excluding hydrogens is 997 g/mol. The summed E-state index contributed by atoms with van der Waals surface area (Å²) in [5, 5.41) is 159. The molecule has 24 nitrogen and oxygen atoms in total. The van der Waals surface area contributed by atoms with Gasteiger partial charge in [0.15, 0.2) is 30.9 Å². The first-order chi connectivity index (χ1) is 35.5. The normalized spacial score (nSPS) is 55.4. The predicted molar refractivity (Wildman–Crippen MR) is 252 cm³/mol. The van der Waals surface area contributed by atoms with Gasteiger partial charge in [0.25, 0.3) is 0 Å². The highest BCUT2D eigenvalue weighted by Crippen LogP contribution is 2.71. The summed E-state index contributed by atoms with van der Waals surface area (Å²) in [7, 11) is 0. The fourth-order valence-corrected chi connectivity index (χ4v) is 15.7. The molecule has 0 bridgehead atoms. The summed E-state index contributed by atoms with van der Waals surface area (Å²) in [6.45, 7) is 6.20. The van der Waals surface area contributed by atoms with E-state index in [1.165, 1.54) is 0 Å². The van der Waals surface area contributed by atoms with Gasteiger partial charge < -0.3 is 119 Å². The van der Waals surface area contributed by atoms with Crippen LogP contribution in [0.4, 0.5) is 0 Å². The zero-order valence-corrected chi connectivity index (χ0v) is 43.2. The Hall–Kier alpha value is -0.960. The molecule has 0 radical (unpaired) electrons. The van der Waals surface area contributed by atoms with Crippen molar-refractivity contribution in [1.82, 2.24) is 0 Å². The van der Waals surface area contributed by atoms with Crippen LogP contribution in [0.5, 0.6) is 0 Å². The van der Waals surface area contributed by atoms with Crippen molar-refractivity contribution in [2.45, 2.75) is 233 Å². The molecular formula is C51H86O24. The Morgan fingerprint density at radius 2 is 1.03 bits per heavy atom. The minimum atomic E-state index is -1.94. The molecule has 9 unspecified atom stereocenters. The minimum absolute atomic E-state index is 0.0210. The zero-order valence-electron chi connectivity index (χ0n) is 43.2. The molecule has 0 aromatic rings. The highest BCUT2D eigenvalue weighted by Gasteiger charge is 2.68. The summed E-state index contributed by atoms with van der Waals surface area (Å²) < 4.78 is 53.1. The second-order valence-corrected chi connectivity index (χ2v) is 24.3. The van der Waals surface area contributed by atoms with Crippen LogP contribution >= 0.6 is 0 Å². The van der Waals surface area contributed by atoms with Crippen LogP contribution in [0.3, 0.4) is 0 Å². The molecule has 4 aliphatic carbocycles. The SMILES string of the molecule is C[C@H](CC[C@@]1(O)OC2CC3C4CCC5CC(O[C@@H]6O[C@H](CO)[C@@H](O[C@H]7O[C@H](CO)[C@@H](O[C@@H]8O[C@H](CO)[C@@H](O)[C@H](O)[C@H]8O)[C@H](O)[C@H]7O)[C@H](O)[C@H]6O)CCC5(C)C4CCC3(C)C2[C@@H]1C)CO[C@@H]1O[C@H](CO)[C@@H](O)[C@H](O)[C@H]1O. The van der Waals surface area contributed by atoms with Crippen molar-refractivity contribution in [1.29, 1.82) is 0 Å². The van der Waals surface area contributed by atoms with Crippen LogP contribution in [-0.4, -0.2) is 250 Å². The van der Waals surface area contributed by atoms with Gasteiger partial charge in [-0.3, -0.25) is 0 Å². The lowest BCUT2D eigenvalue weighted by atomic mass is 9.44. The molecule has 5 saturated heterocycles. The van der Waals surface area contributed by atoms with Gasteiger partial charge in [-0.1, -0.05) is 27.7 Å². The van der Waals surface area contributed by atoms with Gasteiger partial charge in [-0.15, -0.1) is 0 Å². The number of fused-ring (bicyclic) bond motifs is 7. The number of rotatable bonds is 16. The molecule has 9 rings (SSSR count). The second kappa shape index (κ2) is 23.1. The molecule has 9 aliphatic rings. The van der Waals surface area contributed by atoms with Crippen molar-refractivity contribution in [2.75, 3.05) is 33.0 Å². The van der Waals surface area contributed by atoms with Gasteiger partial charge >= 0.3 is 0 Å². The standard InChI is InChI=1S/C51H86O24/c1-20(19-67-45-39(62)35(58)33(56)28(15-52)69-45)7-12-51(66)21(2)32-27(75-51)14-26-24-6-5-22-13-23(8-10-49(22,3)25(24)9-11-50(26,32)4)68-46-41(64)37(60)43(30(17-54)71-46)74-48-42(65)38(61)44(31(18-55)72-48)73-47-40(63)36(59)34(57)29(16-53)70-47/h20-48,52-66H,5-19H2,1-4H3/t20-,21+,22?,23?,24?,25?,26?,27?,28-,29-,30-,31-,32?,33-,34-,35+,36+,37-,38-,39-,40-,41-,42-,43-,44-,45-,46-,47+,48-,49?,50?,51-/m1/s1. The third-order valence-corrected chi connectivity index (χ3v) is 20.1. The Morgan fingerprint density at radius 3 is 1.59 bits per heavy atom. The van der Waals surface area contributed by atoms with Crippen molar-refractivity contribution in [3.05, 3.63) is 0 Å². The van der Waals surface area contributed by atoms with Crippen molar-refractivity contribution in [3.8, 4) is 0 Å². The Kier molecular flexibility index (Phi) is 18.1. The lowest BCUT2D eigenvalue weighted by Crippen LogP contribution is -2.66. The van der Waals surface area contributed by atoms with E-state index in [-0.39, 0.29) is 47.4 Å². The van der Waals surface area contributed by atoms with Gasteiger partial charge in [0.05, 0.1) is 45.2 Å². The van der Waals surface area contributed by atoms with E-state index in [4.69, 9.17) is 42.6 Å². The Labute approximate surface area is 436 Å². The molecule has 0 aromatic heterocycles. The molecule has 24 heteroatoms. The fourth-order valence-electron chi connectivity index (χ4n) is 15.7. The van der Waals surface area contributed by atoms with Crippen molar-refractivity contribution in [3.63, 3.8) is 0 Å². The summed E-state index contributed by atoms with van der Waals surface area (Å²) in [6.07, 6.45) is -23.7. The third-order valence-electron chi connectivity index (χ3n) is 20.1. The molecule has 32 atom stereocenters. The van der Waals surface area contributed by atoms with E-state index >= 15 is 0 Å². The molecule has 9 fully saturated rings. The van der Waals surface area contributed by atoms with Gasteiger partial charge in [-0.2, -0.15) is 0 Å². The quantitative estimate of drug-likeness (QED) is 0.0656. The zero-order chi connectivity index (χ0) is 54.2. The fraction of sp³-hybridized carbons (Fsp3) is 1.00. The summed E-state index contributed by atoms with van der Waals surface area (Å²) in [5.74, 6) is 0.376. The van der Waals surface area contributed by atoms with Crippen LogP contribution in [0, 0.1) is 52.3 Å². The molecule has 0 aromatic carbocycles. The molecule has 434 valence electrons. The van der Waals surface area contributed by atoms with Crippen LogP contribution in [0.25, 0.3) is 0 Å². The average molecular weight is 1080 g/mol. The van der Waals surface area contributed by atoms with Gasteiger partial charge in [0.1, 0.15) is 97.7 Å². The van der Waals surface area contributed by atoms with E-state index in [2.05, 4.69) is 20.8 Å². The topological polar surface area (TPSA) is 387 Å². The van der Waals surface area contributed by atoms with E-state index < -0.39 is 155 Å². The maximum absolute atomic E-state index is 12.1. The maximum atomic E-state index is 12.1. The number of hydrogen-bond donors (Lipinski definition) is 15. The van der Waals surface area contributed by atoms with E-state index in [1.54, 1.807) is 0 Å². The van der Waals surface area contributed by atoms with Gasteiger partial charge in [-0.05, 0) is 104 Å². The monoisotopic (exact) mass is 1080 g/mol. The molecule has 0 spiro atoms. The molecule has 75 heavy (non-hydrogen) atoms. The van der Waals surface area contributed by atoms with E-state index in [1.807, 2.05) is 6.92 Å². The van der Waals surface area contributed by atoms with E-state index in [0.29, 0.717) is 49.4 Å². The molecule has 4 saturated carbocycles. The average Bonchev–Trinajstić information content (AvgIpc) is 3.86. The highest BCUT2D eigenvalue weighted by molar-refractivity contribution is 5.15. The molecule has 5 heterocycles. The predicted octanol–water partition coefficient (Wildman–Crippen LogP) is -3.95. The Balaban J connectivity index is 0.760. The van der Waals surface area contributed by atoms with Crippen molar-refractivity contribution >= 4 is 0 Å². The van der Waals surface area contributed by atoms with Gasteiger partial charge in [-0.25, -0.2) is 0 Å². The van der Waals surface area contributed by atoms with E-state index in [0.717, 1.165) is 38.5 Å². The summed E-state index contributed by atoms with van der Waals surface area (Å²) in [4.78, 5) is 0. The maximum Gasteiger partial charge on any atom is 0.187 e.